The maximum absolute atomic E-state index is 13.6. The van der Waals surface area contributed by atoms with Crippen molar-refractivity contribution in [3.63, 3.8) is 0 Å². The third kappa shape index (κ3) is 5.32. The van der Waals surface area contributed by atoms with Gasteiger partial charge < -0.3 is 21.8 Å². The Kier molecular flexibility index (Phi) is 7.05. The van der Waals surface area contributed by atoms with Gasteiger partial charge in [0.05, 0.1) is 0 Å². The molecule has 0 spiro atoms. The lowest BCUT2D eigenvalue weighted by molar-refractivity contribution is 0.0947. The smallest absolute Gasteiger partial charge is 0.268 e. The van der Waals surface area contributed by atoms with Gasteiger partial charge in [0.2, 0.25) is 0 Å². The van der Waals surface area contributed by atoms with Crippen LogP contribution < -0.4 is 16.8 Å². The average Bonchev–Trinajstić information content (AvgIpc) is 3.21. The molecule has 0 bridgehead atoms. The molecule has 2 atom stereocenters. The van der Waals surface area contributed by atoms with Crippen LogP contribution in [0, 0.1) is 11.6 Å². The van der Waals surface area contributed by atoms with Gasteiger partial charge in [-0.15, -0.1) is 0 Å². The van der Waals surface area contributed by atoms with Gasteiger partial charge in [-0.25, -0.2) is 8.78 Å². The highest BCUT2D eigenvalue weighted by Gasteiger charge is 2.20. The Balaban J connectivity index is 1.70. The van der Waals surface area contributed by atoms with Crippen molar-refractivity contribution in [2.75, 3.05) is 6.54 Å². The molecule has 0 aliphatic heterocycles. The first-order valence-corrected chi connectivity index (χ1v) is 11.3. The molecule has 4 rings (SSSR count). The lowest BCUT2D eigenvalue weighted by Gasteiger charge is -2.14. The summed E-state index contributed by atoms with van der Waals surface area (Å²) < 4.78 is 26.9. The van der Waals surface area contributed by atoms with E-state index in [9.17, 15) is 13.6 Å². The van der Waals surface area contributed by atoms with Crippen molar-refractivity contribution >= 4 is 16.8 Å². The van der Waals surface area contributed by atoms with E-state index in [0.29, 0.717) is 29.8 Å². The summed E-state index contributed by atoms with van der Waals surface area (Å²) in [4.78, 5) is 16.4. The first-order chi connectivity index (χ1) is 16.3. The fourth-order valence-corrected chi connectivity index (χ4v) is 4.00. The third-order valence-electron chi connectivity index (χ3n) is 5.85. The molecule has 0 fully saturated rings. The summed E-state index contributed by atoms with van der Waals surface area (Å²) in [5, 5.41) is 3.73. The highest BCUT2D eigenvalue weighted by molar-refractivity contribution is 6.10. The Hall–Kier alpha value is -3.55. The van der Waals surface area contributed by atoms with Crippen molar-refractivity contribution in [1.82, 2.24) is 10.3 Å². The number of halogens is 2. The third-order valence-corrected chi connectivity index (χ3v) is 5.85. The molecular weight excluding hydrogens is 434 g/mol. The number of nitrogens with one attached hydrogen (secondary N) is 2. The Bertz CT molecular complexity index is 1280. The molecular formula is C27H28F2N4O. The maximum atomic E-state index is 13.6. The van der Waals surface area contributed by atoms with E-state index in [1.54, 1.807) is 24.3 Å². The second kappa shape index (κ2) is 10.2. The van der Waals surface area contributed by atoms with Gasteiger partial charge in [0.15, 0.2) is 0 Å². The highest BCUT2D eigenvalue weighted by atomic mass is 19.1. The number of amides is 1. The highest BCUT2D eigenvalue weighted by Crippen LogP contribution is 2.35. The van der Waals surface area contributed by atoms with Gasteiger partial charge in [0.25, 0.3) is 5.91 Å². The van der Waals surface area contributed by atoms with Gasteiger partial charge in [-0.1, -0.05) is 36.4 Å². The summed E-state index contributed by atoms with van der Waals surface area (Å²) in [5.74, 6) is -0.954. The van der Waals surface area contributed by atoms with E-state index in [4.69, 9.17) is 11.5 Å². The van der Waals surface area contributed by atoms with Gasteiger partial charge >= 0.3 is 0 Å². The normalized spacial score (nSPS) is 13.1. The largest absolute Gasteiger partial charge is 0.350 e. The lowest BCUT2D eigenvalue weighted by atomic mass is 9.99. The van der Waals surface area contributed by atoms with Crippen LogP contribution in [-0.2, 0) is 0 Å². The van der Waals surface area contributed by atoms with Crippen LogP contribution in [0.3, 0.4) is 0 Å². The SMILES string of the molecule is CC(N)CC[C@H](N)CNC(=O)c1[nH]c2cc(-c3ccc(F)cc3)ccc2c1-c1ccc(F)cc1. The van der Waals surface area contributed by atoms with Crippen LogP contribution in [0.25, 0.3) is 33.2 Å². The maximum Gasteiger partial charge on any atom is 0.268 e. The van der Waals surface area contributed by atoms with Gasteiger partial charge in [0.1, 0.15) is 17.3 Å². The first kappa shape index (κ1) is 23.6. The topological polar surface area (TPSA) is 96.9 Å². The fraction of sp³-hybridized carbons (Fsp3) is 0.222. The summed E-state index contributed by atoms with van der Waals surface area (Å²) in [5.41, 5.74) is 16.2. The van der Waals surface area contributed by atoms with Crippen LogP contribution in [0.2, 0.25) is 0 Å². The summed E-state index contributed by atoms with van der Waals surface area (Å²) in [6.07, 6.45) is 1.48. The number of H-pyrrole nitrogens is 1. The van der Waals surface area contributed by atoms with Crippen LogP contribution in [-0.4, -0.2) is 29.5 Å². The summed E-state index contributed by atoms with van der Waals surface area (Å²) in [6, 6.07) is 17.9. The zero-order chi connectivity index (χ0) is 24.2. The molecule has 7 heteroatoms. The van der Waals surface area contributed by atoms with Crippen molar-refractivity contribution in [3.8, 4) is 22.3 Å². The van der Waals surface area contributed by atoms with Gasteiger partial charge in [-0.2, -0.15) is 0 Å². The van der Waals surface area contributed by atoms with E-state index in [1.807, 2.05) is 25.1 Å². The molecule has 4 aromatic rings. The second-order valence-electron chi connectivity index (χ2n) is 8.67. The van der Waals surface area contributed by atoms with Crippen molar-refractivity contribution in [2.45, 2.75) is 31.8 Å². The predicted molar refractivity (Wildman–Crippen MR) is 132 cm³/mol. The monoisotopic (exact) mass is 462 g/mol. The van der Waals surface area contributed by atoms with Gasteiger partial charge in [-0.05, 0) is 66.8 Å². The number of benzene rings is 3. The molecule has 5 nitrogen and oxygen atoms in total. The molecule has 1 heterocycles. The van der Waals surface area contributed by atoms with E-state index in [2.05, 4.69) is 10.3 Å². The predicted octanol–water partition coefficient (Wildman–Crippen LogP) is 4.96. The minimum atomic E-state index is -0.353. The molecule has 1 aromatic heterocycles. The minimum absolute atomic E-state index is 0.0517. The second-order valence-corrected chi connectivity index (χ2v) is 8.67. The molecule has 0 saturated heterocycles. The van der Waals surface area contributed by atoms with E-state index < -0.39 is 0 Å². The fourth-order valence-electron chi connectivity index (χ4n) is 4.00. The molecule has 0 aliphatic rings. The van der Waals surface area contributed by atoms with Crippen LogP contribution in [0.1, 0.15) is 30.3 Å². The van der Waals surface area contributed by atoms with E-state index in [1.165, 1.54) is 24.3 Å². The number of hydrogen-bond acceptors (Lipinski definition) is 3. The standard InChI is InChI=1S/C27H28F2N4O/c1-16(30)2-12-22(31)15-32-27(34)26-25(18-5-10-21(29)11-6-18)23-13-7-19(14-24(23)33-26)17-3-8-20(28)9-4-17/h3-11,13-14,16,22,33H,2,12,15,30-31H2,1H3,(H,32,34)/t16?,22-/m0/s1. The average molecular weight is 463 g/mol. The lowest BCUT2D eigenvalue weighted by Crippen LogP contribution is -2.38. The van der Waals surface area contributed by atoms with Crippen LogP contribution in [0.5, 0.6) is 0 Å². The Labute approximate surface area is 197 Å². The van der Waals surface area contributed by atoms with E-state index in [-0.39, 0.29) is 29.6 Å². The number of aromatic amines is 1. The molecule has 1 unspecified atom stereocenters. The van der Waals surface area contributed by atoms with Crippen LogP contribution in [0.15, 0.2) is 66.7 Å². The summed E-state index contributed by atoms with van der Waals surface area (Å²) in [6.45, 7) is 2.23. The quantitative estimate of drug-likeness (QED) is 0.298. The molecule has 0 radical (unpaired) electrons. The number of nitrogens with two attached hydrogens (primary N) is 2. The molecule has 0 aliphatic carbocycles. The van der Waals surface area contributed by atoms with Crippen LogP contribution >= 0.6 is 0 Å². The number of carbonyl (C=O) groups excluding carboxylic acids is 1. The van der Waals surface area contributed by atoms with Crippen molar-refractivity contribution in [1.29, 1.82) is 0 Å². The van der Waals surface area contributed by atoms with E-state index in [0.717, 1.165) is 28.5 Å². The number of carbonyl (C=O) groups is 1. The van der Waals surface area contributed by atoms with Crippen LogP contribution in [0.4, 0.5) is 8.78 Å². The zero-order valence-corrected chi connectivity index (χ0v) is 18.9. The Morgan fingerprint density at radius 3 is 2.09 bits per heavy atom. The van der Waals surface area contributed by atoms with Crippen molar-refractivity contribution in [2.24, 2.45) is 11.5 Å². The molecule has 1 amide bonds. The van der Waals surface area contributed by atoms with Gasteiger partial charge in [0, 0.05) is 35.1 Å². The Morgan fingerprint density at radius 2 is 1.47 bits per heavy atom. The summed E-state index contributed by atoms with van der Waals surface area (Å²) in [7, 11) is 0. The molecule has 34 heavy (non-hydrogen) atoms. The number of fused-ring (bicyclic) bond motifs is 1. The Morgan fingerprint density at radius 1 is 0.882 bits per heavy atom. The first-order valence-electron chi connectivity index (χ1n) is 11.3. The van der Waals surface area contributed by atoms with E-state index >= 15 is 0 Å². The minimum Gasteiger partial charge on any atom is -0.350 e. The number of hydrogen-bond donors (Lipinski definition) is 4. The van der Waals surface area contributed by atoms with Crippen molar-refractivity contribution < 1.29 is 13.6 Å². The molecule has 176 valence electrons. The molecule has 0 saturated carbocycles. The molecule has 6 N–H and O–H groups in total. The number of aromatic nitrogens is 1. The zero-order valence-electron chi connectivity index (χ0n) is 18.9. The van der Waals surface area contributed by atoms with Gasteiger partial charge in [-0.3, -0.25) is 4.79 Å². The van der Waals surface area contributed by atoms with Crippen molar-refractivity contribution in [3.05, 3.63) is 84.1 Å². The summed E-state index contributed by atoms with van der Waals surface area (Å²) >= 11 is 0. The number of rotatable bonds is 8. The molecule has 3 aromatic carbocycles.